The van der Waals surface area contributed by atoms with Crippen LogP contribution in [0.25, 0.3) is 0 Å². The van der Waals surface area contributed by atoms with Gasteiger partial charge in [0.2, 0.25) is 5.91 Å². The molecule has 7 heteroatoms. The third kappa shape index (κ3) is 5.26. The van der Waals surface area contributed by atoms with Crippen LogP contribution in [0.4, 0.5) is 0 Å². The molecule has 0 aromatic carbocycles. The SMILES string of the molecule is Cc1cc(C(=O)N2CCN(C(=O)CC(C)C3CCCNC3)CC2)c(C)o1.Cl. The average molecular weight is 398 g/mol. The number of piperidine rings is 1. The Morgan fingerprint density at radius 1 is 1.22 bits per heavy atom. The van der Waals surface area contributed by atoms with Gasteiger partial charge in [0.15, 0.2) is 0 Å². The molecule has 0 bridgehead atoms. The van der Waals surface area contributed by atoms with Crippen LogP contribution in [0, 0.1) is 25.7 Å². The van der Waals surface area contributed by atoms with Crippen molar-refractivity contribution in [3.8, 4) is 0 Å². The van der Waals surface area contributed by atoms with Crippen LogP contribution in [0.1, 0.15) is 48.1 Å². The van der Waals surface area contributed by atoms with Crippen molar-refractivity contribution in [1.82, 2.24) is 15.1 Å². The van der Waals surface area contributed by atoms with Crippen molar-refractivity contribution in [2.24, 2.45) is 11.8 Å². The van der Waals surface area contributed by atoms with Gasteiger partial charge in [-0.15, -0.1) is 12.4 Å². The Labute approximate surface area is 168 Å². The largest absolute Gasteiger partial charge is 0.466 e. The summed E-state index contributed by atoms with van der Waals surface area (Å²) >= 11 is 0. The maximum Gasteiger partial charge on any atom is 0.257 e. The van der Waals surface area contributed by atoms with E-state index < -0.39 is 0 Å². The Bertz CT molecular complexity index is 647. The molecule has 2 fully saturated rings. The lowest BCUT2D eigenvalue weighted by Gasteiger charge is -2.36. The Hall–Kier alpha value is -1.53. The minimum Gasteiger partial charge on any atom is -0.466 e. The first-order valence-corrected chi connectivity index (χ1v) is 9.80. The highest BCUT2D eigenvalue weighted by molar-refractivity contribution is 5.95. The van der Waals surface area contributed by atoms with E-state index in [0.717, 1.165) is 18.8 Å². The molecule has 0 spiro atoms. The molecule has 2 saturated heterocycles. The van der Waals surface area contributed by atoms with E-state index in [9.17, 15) is 9.59 Å². The number of piperazine rings is 1. The molecule has 2 aliphatic rings. The number of hydrogen-bond donors (Lipinski definition) is 1. The molecule has 0 radical (unpaired) electrons. The Kier molecular flexibility index (Phi) is 7.74. The number of rotatable bonds is 4. The standard InChI is InChI=1S/C20H31N3O3.ClH/c1-14(17-5-4-6-21-13-17)11-19(24)22-7-9-23(10-8-22)20(25)18-12-15(2)26-16(18)3;/h12,14,17,21H,4-11,13H2,1-3H3;1H. The van der Waals surface area contributed by atoms with Crippen LogP contribution in [-0.4, -0.2) is 60.9 Å². The first-order chi connectivity index (χ1) is 12.5. The number of halogens is 1. The fourth-order valence-electron chi connectivity index (χ4n) is 4.11. The van der Waals surface area contributed by atoms with Crippen LogP contribution in [-0.2, 0) is 4.79 Å². The predicted molar refractivity (Wildman–Crippen MR) is 107 cm³/mol. The first kappa shape index (κ1) is 21.8. The molecule has 2 unspecified atom stereocenters. The van der Waals surface area contributed by atoms with Crippen molar-refractivity contribution in [3.05, 3.63) is 23.2 Å². The summed E-state index contributed by atoms with van der Waals surface area (Å²) in [5.74, 6) is 2.67. The summed E-state index contributed by atoms with van der Waals surface area (Å²) in [6.07, 6.45) is 3.03. The van der Waals surface area contributed by atoms with Gasteiger partial charge in [0.1, 0.15) is 11.5 Å². The molecule has 27 heavy (non-hydrogen) atoms. The lowest BCUT2D eigenvalue weighted by molar-refractivity contribution is -0.134. The Morgan fingerprint density at radius 2 is 1.89 bits per heavy atom. The zero-order chi connectivity index (χ0) is 18.7. The minimum atomic E-state index is 0. The normalized spacial score (nSPS) is 21.5. The van der Waals surface area contributed by atoms with Crippen molar-refractivity contribution in [3.63, 3.8) is 0 Å². The highest BCUT2D eigenvalue weighted by atomic mass is 35.5. The molecule has 0 saturated carbocycles. The highest BCUT2D eigenvalue weighted by Crippen LogP contribution is 2.24. The second kappa shape index (κ2) is 9.60. The van der Waals surface area contributed by atoms with Gasteiger partial charge in [-0.25, -0.2) is 0 Å². The van der Waals surface area contributed by atoms with Crippen LogP contribution >= 0.6 is 12.4 Å². The molecule has 3 heterocycles. The Balaban J connectivity index is 0.00000261. The van der Waals surface area contributed by atoms with Gasteiger partial charge in [0.05, 0.1) is 5.56 Å². The summed E-state index contributed by atoms with van der Waals surface area (Å²) in [6, 6.07) is 1.80. The Morgan fingerprint density at radius 3 is 2.44 bits per heavy atom. The zero-order valence-electron chi connectivity index (χ0n) is 16.6. The van der Waals surface area contributed by atoms with Gasteiger partial charge in [0.25, 0.3) is 5.91 Å². The van der Waals surface area contributed by atoms with Gasteiger partial charge >= 0.3 is 0 Å². The maximum atomic E-state index is 12.7. The number of hydrogen-bond acceptors (Lipinski definition) is 4. The van der Waals surface area contributed by atoms with Crippen molar-refractivity contribution < 1.29 is 14.0 Å². The van der Waals surface area contributed by atoms with E-state index in [0.29, 0.717) is 55.8 Å². The number of nitrogens with one attached hydrogen (secondary N) is 1. The summed E-state index contributed by atoms with van der Waals surface area (Å²) in [7, 11) is 0. The molecule has 0 aliphatic carbocycles. The summed E-state index contributed by atoms with van der Waals surface area (Å²) in [5.41, 5.74) is 0.640. The third-order valence-corrected chi connectivity index (χ3v) is 5.83. The van der Waals surface area contributed by atoms with E-state index in [4.69, 9.17) is 4.42 Å². The topological polar surface area (TPSA) is 65.8 Å². The van der Waals surface area contributed by atoms with Crippen LogP contribution in [0.2, 0.25) is 0 Å². The molecule has 1 aromatic heterocycles. The summed E-state index contributed by atoms with van der Waals surface area (Å²) < 4.78 is 5.47. The summed E-state index contributed by atoms with van der Waals surface area (Å²) in [6.45, 7) is 10.4. The number of carbonyl (C=O) groups is 2. The van der Waals surface area contributed by atoms with Crippen LogP contribution in [0.15, 0.2) is 10.5 Å². The number of aryl methyl sites for hydroxylation is 2. The average Bonchev–Trinajstić information content (AvgIpc) is 3.00. The summed E-state index contributed by atoms with van der Waals surface area (Å²) in [5, 5.41) is 3.43. The van der Waals surface area contributed by atoms with Gasteiger partial charge in [-0.3, -0.25) is 9.59 Å². The molecule has 6 nitrogen and oxygen atoms in total. The van der Waals surface area contributed by atoms with Crippen molar-refractivity contribution in [2.45, 2.75) is 40.0 Å². The molecular weight excluding hydrogens is 366 g/mol. The van der Waals surface area contributed by atoms with E-state index in [1.165, 1.54) is 12.8 Å². The predicted octanol–water partition coefficient (Wildman–Crippen LogP) is 2.63. The molecular formula is C20H32ClN3O3. The number of furan rings is 1. The van der Waals surface area contributed by atoms with Gasteiger partial charge in [-0.1, -0.05) is 6.92 Å². The van der Waals surface area contributed by atoms with E-state index in [1.54, 1.807) is 6.07 Å². The fraction of sp³-hybridized carbons (Fsp3) is 0.700. The van der Waals surface area contributed by atoms with Gasteiger partial charge in [0, 0.05) is 32.6 Å². The van der Waals surface area contributed by atoms with E-state index in [1.807, 2.05) is 23.6 Å². The second-order valence-corrected chi connectivity index (χ2v) is 7.79. The quantitative estimate of drug-likeness (QED) is 0.848. The molecule has 2 atom stereocenters. The molecule has 3 rings (SSSR count). The summed E-state index contributed by atoms with van der Waals surface area (Å²) in [4.78, 5) is 29.0. The molecule has 2 aliphatic heterocycles. The monoisotopic (exact) mass is 397 g/mol. The van der Waals surface area contributed by atoms with Crippen molar-refractivity contribution in [2.75, 3.05) is 39.3 Å². The number of carbonyl (C=O) groups excluding carboxylic acids is 2. The van der Waals surface area contributed by atoms with Gasteiger partial charge < -0.3 is 19.5 Å². The lowest BCUT2D eigenvalue weighted by atomic mass is 9.85. The third-order valence-electron chi connectivity index (χ3n) is 5.83. The van der Waals surface area contributed by atoms with Gasteiger partial charge in [-0.05, 0) is 57.7 Å². The first-order valence-electron chi connectivity index (χ1n) is 9.80. The van der Waals surface area contributed by atoms with Crippen LogP contribution in [0.3, 0.4) is 0 Å². The molecule has 1 aromatic rings. The smallest absolute Gasteiger partial charge is 0.257 e. The van der Waals surface area contributed by atoms with E-state index in [-0.39, 0.29) is 24.2 Å². The molecule has 2 amide bonds. The van der Waals surface area contributed by atoms with Crippen molar-refractivity contribution in [1.29, 1.82) is 0 Å². The van der Waals surface area contributed by atoms with E-state index >= 15 is 0 Å². The second-order valence-electron chi connectivity index (χ2n) is 7.79. The van der Waals surface area contributed by atoms with Crippen molar-refractivity contribution >= 4 is 24.2 Å². The van der Waals surface area contributed by atoms with Gasteiger partial charge in [-0.2, -0.15) is 0 Å². The highest BCUT2D eigenvalue weighted by Gasteiger charge is 2.29. The van der Waals surface area contributed by atoms with E-state index in [2.05, 4.69) is 12.2 Å². The minimum absolute atomic E-state index is 0. The fourth-order valence-corrected chi connectivity index (χ4v) is 4.11. The lowest BCUT2D eigenvalue weighted by Crippen LogP contribution is -2.51. The zero-order valence-corrected chi connectivity index (χ0v) is 17.4. The van der Waals surface area contributed by atoms with Crippen LogP contribution < -0.4 is 5.32 Å². The molecule has 1 N–H and O–H groups in total. The number of nitrogens with zero attached hydrogens (tertiary/aromatic N) is 2. The number of amides is 2. The maximum absolute atomic E-state index is 12.7. The molecule has 152 valence electrons. The van der Waals surface area contributed by atoms with Crippen LogP contribution in [0.5, 0.6) is 0 Å².